The first-order valence-electron chi connectivity index (χ1n) is 10.1. The average molecular weight is 477 g/mol. The molecule has 7 heteroatoms. The number of halogens is 1. The predicted octanol–water partition coefficient (Wildman–Crippen LogP) is 2.05. The van der Waals surface area contributed by atoms with Crippen molar-refractivity contribution in [2.24, 2.45) is 10.4 Å². The third-order valence-corrected chi connectivity index (χ3v) is 6.15. The van der Waals surface area contributed by atoms with Crippen molar-refractivity contribution in [3.63, 3.8) is 0 Å². The van der Waals surface area contributed by atoms with Gasteiger partial charge in [-0.25, -0.2) is 0 Å². The van der Waals surface area contributed by atoms with Crippen LogP contribution in [0.4, 0.5) is 0 Å². The lowest BCUT2D eigenvalue weighted by Gasteiger charge is -2.40. The third kappa shape index (κ3) is 5.47. The van der Waals surface area contributed by atoms with Crippen LogP contribution >= 0.6 is 24.0 Å². The van der Waals surface area contributed by atoms with Crippen molar-refractivity contribution in [2.45, 2.75) is 57.9 Å². The molecule has 2 aliphatic heterocycles. The van der Waals surface area contributed by atoms with E-state index in [4.69, 9.17) is 4.99 Å². The van der Waals surface area contributed by atoms with E-state index in [1.165, 1.54) is 25.7 Å². The number of hydrogen-bond donors (Lipinski definition) is 2. The Morgan fingerprint density at radius 2 is 2.15 bits per heavy atom. The van der Waals surface area contributed by atoms with Gasteiger partial charge in [-0.15, -0.1) is 24.0 Å². The largest absolute Gasteiger partial charge is 0.357 e. The van der Waals surface area contributed by atoms with Gasteiger partial charge < -0.3 is 20.4 Å². The Bertz CT molecular complexity index is 494. The number of carbonyl (C=O) groups excluding carboxylic acids is 1. The summed E-state index contributed by atoms with van der Waals surface area (Å²) in [5, 5.41) is 6.49. The fourth-order valence-corrected chi connectivity index (χ4v) is 4.70. The van der Waals surface area contributed by atoms with Crippen molar-refractivity contribution in [1.82, 2.24) is 20.4 Å². The van der Waals surface area contributed by atoms with E-state index in [0.29, 0.717) is 6.42 Å². The van der Waals surface area contributed by atoms with E-state index in [1.807, 2.05) is 0 Å². The van der Waals surface area contributed by atoms with Gasteiger partial charge in [0, 0.05) is 50.6 Å². The van der Waals surface area contributed by atoms with Crippen molar-refractivity contribution in [2.75, 3.05) is 46.3 Å². The minimum atomic E-state index is 0. The van der Waals surface area contributed by atoms with Crippen LogP contribution in [0.3, 0.4) is 0 Å². The van der Waals surface area contributed by atoms with Crippen molar-refractivity contribution in [3.05, 3.63) is 0 Å². The molecule has 0 aromatic heterocycles. The van der Waals surface area contributed by atoms with Crippen molar-refractivity contribution >= 4 is 35.8 Å². The maximum absolute atomic E-state index is 11.7. The molecule has 150 valence electrons. The zero-order valence-electron chi connectivity index (χ0n) is 16.4. The SMILES string of the molecule is CCNC(=NCCN(C)C1CCCC1)N1CCCC2(CNC(=O)C2)C1.I. The Balaban J connectivity index is 0.00000243. The molecule has 2 heterocycles. The van der Waals surface area contributed by atoms with E-state index < -0.39 is 0 Å². The molecule has 1 amide bonds. The zero-order valence-corrected chi connectivity index (χ0v) is 18.8. The molecule has 3 rings (SSSR count). The molecule has 3 aliphatic rings. The van der Waals surface area contributed by atoms with Crippen molar-refractivity contribution in [1.29, 1.82) is 0 Å². The standard InChI is InChI=1S/C19H35N5O.HI/c1-3-20-18(21-10-12-23(2)16-7-4-5-8-16)24-11-6-9-19(15-24)13-17(25)22-14-19;/h16H,3-15H2,1-2H3,(H,20,21)(H,22,25);1H. The van der Waals surface area contributed by atoms with Crippen LogP contribution in [0.25, 0.3) is 0 Å². The summed E-state index contributed by atoms with van der Waals surface area (Å²) < 4.78 is 0. The van der Waals surface area contributed by atoms with Gasteiger partial charge in [0.25, 0.3) is 0 Å². The molecule has 2 saturated heterocycles. The molecule has 1 saturated carbocycles. The molecule has 0 radical (unpaired) electrons. The maximum Gasteiger partial charge on any atom is 0.220 e. The number of nitrogens with zero attached hydrogens (tertiary/aromatic N) is 3. The van der Waals surface area contributed by atoms with Crippen molar-refractivity contribution in [3.8, 4) is 0 Å². The average Bonchev–Trinajstić information content (AvgIpc) is 3.25. The maximum atomic E-state index is 11.7. The molecule has 1 unspecified atom stereocenters. The minimum Gasteiger partial charge on any atom is -0.357 e. The van der Waals surface area contributed by atoms with Crippen LogP contribution in [0.5, 0.6) is 0 Å². The highest BCUT2D eigenvalue weighted by molar-refractivity contribution is 14.0. The van der Waals surface area contributed by atoms with Crippen molar-refractivity contribution < 1.29 is 4.79 Å². The molecule has 26 heavy (non-hydrogen) atoms. The van der Waals surface area contributed by atoms with Crippen LogP contribution in [0.1, 0.15) is 51.9 Å². The first kappa shape index (κ1) is 21.7. The molecule has 1 atom stereocenters. The molecule has 1 aliphatic carbocycles. The smallest absolute Gasteiger partial charge is 0.220 e. The Hall–Kier alpha value is -0.570. The number of guanidine groups is 1. The van der Waals surface area contributed by atoms with Gasteiger partial charge in [0.2, 0.25) is 5.91 Å². The summed E-state index contributed by atoms with van der Waals surface area (Å²) in [4.78, 5) is 21.5. The zero-order chi connectivity index (χ0) is 17.7. The van der Waals surface area contributed by atoms with Gasteiger partial charge in [-0.1, -0.05) is 12.8 Å². The fraction of sp³-hybridized carbons (Fsp3) is 0.895. The van der Waals surface area contributed by atoms with Gasteiger partial charge in [-0.2, -0.15) is 0 Å². The first-order chi connectivity index (χ1) is 12.1. The van der Waals surface area contributed by atoms with E-state index in [0.717, 1.165) is 64.1 Å². The van der Waals surface area contributed by atoms with E-state index in [-0.39, 0.29) is 35.3 Å². The van der Waals surface area contributed by atoms with E-state index in [1.54, 1.807) is 0 Å². The predicted molar refractivity (Wildman–Crippen MR) is 117 cm³/mol. The first-order valence-corrected chi connectivity index (χ1v) is 10.1. The summed E-state index contributed by atoms with van der Waals surface area (Å²) >= 11 is 0. The number of hydrogen-bond acceptors (Lipinski definition) is 3. The lowest BCUT2D eigenvalue weighted by Crippen LogP contribution is -2.51. The number of amides is 1. The highest BCUT2D eigenvalue weighted by Gasteiger charge is 2.42. The second-order valence-corrected chi connectivity index (χ2v) is 8.13. The molecule has 0 aromatic rings. The fourth-order valence-electron chi connectivity index (χ4n) is 4.70. The van der Waals surface area contributed by atoms with E-state index in [9.17, 15) is 4.79 Å². The van der Waals surface area contributed by atoms with Crippen LogP contribution in [-0.2, 0) is 4.79 Å². The second-order valence-electron chi connectivity index (χ2n) is 8.13. The molecular weight excluding hydrogens is 441 g/mol. The summed E-state index contributed by atoms with van der Waals surface area (Å²) in [6.07, 6.45) is 8.40. The Kier molecular flexibility index (Phi) is 8.44. The molecule has 1 spiro atoms. The summed E-state index contributed by atoms with van der Waals surface area (Å²) in [5.41, 5.74) is 0.117. The number of likely N-dealkylation sites (tertiary alicyclic amines) is 1. The molecule has 2 N–H and O–H groups in total. The van der Waals surface area contributed by atoms with Gasteiger partial charge in [-0.3, -0.25) is 9.79 Å². The number of likely N-dealkylation sites (N-methyl/N-ethyl adjacent to an activating group) is 1. The Labute approximate surface area is 175 Å². The highest BCUT2D eigenvalue weighted by atomic mass is 127. The minimum absolute atomic E-state index is 0. The third-order valence-electron chi connectivity index (χ3n) is 6.15. The number of carbonyl (C=O) groups is 1. The number of piperidine rings is 1. The summed E-state index contributed by atoms with van der Waals surface area (Å²) in [6.45, 7) is 7.69. The summed E-state index contributed by atoms with van der Waals surface area (Å²) in [6, 6.07) is 0.756. The highest BCUT2D eigenvalue weighted by Crippen LogP contribution is 2.36. The number of nitrogens with one attached hydrogen (secondary N) is 2. The molecule has 0 aromatic carbocycles. The molecule has 0 bridgehead atoms. The monoisotopic (exact) mass is 477 g/mol. The van der Waals surface area contributed by atoms with Crippen LogP contribution in [0, 0.1) is 5.41 Å². The summed E-state index contributed by atoms with van der Waals surface area (Å²) in [7, 11) is 2.24. The van der Waals surface area contributed by atoms with Gasteiger partial charge >= 0.3 is 0 Å². The lowest BCUT2D eigenvalue weighted by molar-refractivity contribution is -0.119. The van der Waals surface area contributed by atoms with Crippen LogP contribution in [-0.4, -0.2) is 74.0 Å². The van der Waals surface area contributed by atoms with E-state index in [2.05, 4.69) is 34.4 Å². The van der Waals surface area contributed by atoms with Crippen LogP contribution < -0.4 is 10.6 Å². The van der Waals surface area contributed by atoms with Gasteiger partial charge in [0.05, 0.1) is 6.54 Å². The summed E-state index contributed by atoms with van der Waals surface area (Å²) in [5.74, 6) is 1.24. The topological polar surface area (TPSA) is 60.0 Å². The van der Waals surface area contributed by atoms with Crippen LogP contribution in [0.15, 0.2) is 4.99 Å². The second kappa shape index (κ2) is 10.1. The van der Waals surface area contributed by atoms with Gasteiger partial charge in [0.15, 0.2) is 5.96 Å². The molecule has 6 nitrogen and oxygen atoms in total. The number of aliphatic imine (C=N–C) groups is 1. The molecule has 3 fully saturated rings. The van der Waals surface area contributed by atoms with Gasteiger partial charge in [-0.05, 0) is 39.7 Å². The Morgan fingerprint density at radius 3 is 2.81 bits per heavy atom. The Morgan fingerprint density at radius 1 is 1.38 bits per heavy atom. The van der Waals surface area contributed by atoms with Gasteiger partial charge in [0.1, 0.15) is 0 Å². The molecular formula is C19H36IN5O. The van der Waals surface area contributed by atoms with Crippen LogP contribution in [0.2, 0.25) is 0 Å². The normalized spacial score (nSPS) is 27.1. The quantitative estimate of drug-likeness (QED) is 0.362. The van der Waals surface area contributed by atoms with E-state index >= 15 is 0 Å². The lowest BCUT2D eigenvalue weighted by atomic mass is 9.79. The number of rotatable bonds is 5.